The highest BCUT2D eigenvalue weighted by molar-refractivity contribution is 5.37. The Balaban J connectivity index is 2.16. The summed E-state index contributed by atoms with van der Waals surface area (Å²) < 4.78 is 0. The molecule has 0 fully saturated rings. The predicted octanol–water partition coefficient (Wildman–Crippen LogP) is 1.95. The Hall–Kier alpha value is -0.860. The van der Waals surface area contributed by atoms with Gasteiger partial charge in [-0.3, -0.25) is 0 Å². The summed E-state index contributed by atoms with van der Waals surface area (Å²) in [5.74, 6) is 0. The maximum atomic E-state index is 9.04. The Morgan fingerprint density at radius 2 is 2.33 bits per heavy atom. The molecule has 2 heteroatoms. The molecule has 2 rings (SSSR count). The average Bonchev–Trinajstić information content (AvgIpc) is 2.61. The Morgan fingerprint density at radius 3 is 3.07 bits per heavy atom. The third kappa shape index (κ3) is 2.21. The van der Waals surface area contributed by atoms with Crippen LogP contribution < -0.4 is 5.32 Å². The van der Waals surface area contributed by atoms with Crippen LogP contribution in [-0.2, 0) is 6.42 Å². The molecule has 1 aliphatic rings. The molecule has 0 aliphatic heterocycles. The van der Waals surface area contributed by atoms with Crippen LogP contribution in [0.4, 0.5) is 0 Å². The second-order valence-corrected chi connectivity index (χ2v) is 4.54. The number of rotatable bonds is 3. The van der Waals surface area contributed by atoms with Crippen molar-refractivity contribution in [3.63, 3.8) is 0 Å². The summed E-state index contributed by atoms with van der Waals surface area (Å²) in [7, 11) is 0. The lowest BCUT2D eigenvalue weighted by atomic mass is 10.0. The zero-order valence-electron chi connectivity index (χ0n) is 9.46. The zero-order chi connectivity index (χ0) is 10.8. The van der Waals surface area contributed by atoms with E-state index in [0.717, 1.165) is 12.8 Å². The summed E-state index contributed by atoms with van der Waals surface area (Å²) in [6, 6.07) is 7.29. The Bertz CT molecular complexity index is 348. The van der Waals surface area contributed by atoms with Gasteiger partial charge in [-0.05, 0) is 37.8 Å². The number of aliphatic hydroxyl groups excluding tert-OH is 1. The summed E-state index contributed by atoms with van der Waals surface area (Å²) in [5.41, 5.74) is 4.21. The SMILES string of the molecule is Cc1ccc2c(c1)C(N[C@@H](C)CO)CC2. The van der Waals surface area contributed by atoms with Gasteiger partial charge in [0, 0.05) is 12.1 Å². The molecule has 15 heavy (non-hydrogen) atoms. The minimum Gasteiger partial charge on any atom is -0.395 e. The fourth-order valence-electron chi connectivity index (χ4n) is 2.29. The van der Waals surface area contributed by atoms with Crippen molar-refractivity contribution in [2.75, 3.05) is 6.61 Å². The minimum atomic E-state index is 0.182. The van der Waals surface area contributed by atoms with E-state index < -0.39 is 0 Å². The van der Waals surface area contributed by atoms with Crippen molar-refractivity contribution in [3.8, 4) is 0 Å². The van der Waals surface area contributed by atoms with Crippen molar-refractivity contribution >= 4 is 0 Å². The third-order valence-corrected chi connectivity index (χ3v) is 3.14. The van der Waals surface area contributed by atoms with Crippen molar-refractivity contribution in [1.29, 1.82) is 0 Å². The van der Waals surface area contributed by atoms with Crippen molar-refractivity contribution in [3.05, 3.63) is 34.9 Å². The maximum Gasteiger partial charge on any atom is 0.0582 e. The third-order valence-electron chi connectivity index (χ3n) is 3.14. The van der Waals surface area contributed by atoms with E-state index in [0.29, 0.717) is 6.04 Å². The summed E-state index contributed by atoms with van der Waals surface area (Å²) in [5, 5.41) is 12.5. The van der Waals surface area contributed by atoms with E-state index in [2.05, 4.69) is 30.4 Å². The molecule has 0 bridgehead atoms. The van der Waals surface area contributed by atoms with Crippen molar-refractivity contribution < 1.29 is 5.11 Å². The fourth-order valence-corrected chi connectivity index (χ4v) is 2.29. The summed E-state index contributed by atoms with van der Waals surface area (Å²) >= 11 is 0. The second kappa shape index (κ2) is 4.33. The number of fused-ring (bicyclic) bond motifs is 1. The van der Waals surface area contributed by atoms with Gasteiger partial charge in [-0.1, -0.05) is 23.8 Å². The maximum absolute atomic E-state index is 9.04. The van der Waals surface area contributed by atoms with Crippen LogP contribution in [0.3, 0.4) is 0 Å². The van der Waals surface area contributed by atoms with Crippen molar-refractivity contribution in [2.45, 2.75) is 38.8 Å². The van der Waals surface area contributed by atoms with Crippen LogP contribution in [0.2, 0.25) is 0 Å². The van der Waals surface area contributed by atoms with E-state index in [1.165, 1.54) is 16.7 Å². The molecule has 0 saturated heterocycles. The molecule has 2 nitrogen and oxygen atoms in total. The first-order valence-corrected chi connectivity index (χ1v) is 5.67. The molecule has 0 radical (unpaired) electrons. The average molecular weight is 205 g/mol. The van der Waals surface area contributed by atoms with Gasteiger partial charge >= 0.3 is 0 Å². The molecule has 0 aromatic heterocycles. The molecule has 1 aromatic rings. The largest absolute Gasteiger partial charge is 0.395 e. The van der Waals surface area contributed by atoms with E-state index in [1.807, 2.05) is 6.92 Å². The van der Waals surface area contributed by atoms with Crippen molar-refractivity contribution in [2.24, 2.45) is 0 Å². The molecule has 2 atom stereocenters. The lowest BCUT2D eigenvalue weighted by molar-refractivity contribution is 0.240. The minimum absolute atomic E-state index is 0.182. The predicted molar refractivity (Wildman–Crippen MR) is 61.9 cm³/mol. The molecule has 82 valence electrons. The summed E-state index contributed by atoms with van der Waals surface area (Å²) in [6.45, 7) is 4.36. The molecule has 1 unspecified atom stereocenters. The van der Waals surface area contributed by atoms with Crippen LogP contribution >= 0.6 is 0 Å². The van der Waals surface area contributed by atoms with Gasteiger partial charge in [0.25, 0.3) is 0 Å². The van der Waals surface area contributed by atoms with Gasteiger partial charge in [0.1, 0.15) is 0 Å². The monoisotopic (exact) mass is 205 g/mol. The van der Waals surface area contributed by atoms with E-state index in [1.54, 1.807) is 0 Å². The van der Waals surface area contributed by atoms with Crippen LogP contribution in [0.5, 0.6) is 0 Å². The van der Waals surface area contributed by atoms with Gasteiger partial charge in [-0.15, -0.1) is 0 Å². The topological polar surface area (TPSA) is 32.3 Å². The Morgan fingerprint density at radius 1 is 1.53 bits per heavy atom. The van der Waals surface area contributed by atoms with Crippen LogP contribution in [0.15, 0.2) is 18.2 Å². The van der Waals surface area contributed by atoms with Crippen LogP contribution in [-0.4, -0.2) is 17.8 Å². The lowest BCUT2D eigenvalue weighted by Gasteiger charge is -2.18. The molecule has 0 spiro atoms. The fraction of sp³-hybridized carbons (Fsp3) is 0.538. The van der Waals surface area contributed by atoms with Crippen LogP contribution in [0.25, 0.3) is 0 Å². The molecule has 0 amide bonds. The van der Waals surface area contributed by atoms with E-state index >= 15 is 0 Å². The smallest absolute Gasteiger partial charge is 0.0582 e. The summed E-state index contributed by atoms with van der Waals surface area (Å²) in [6.07, 6.45) is 2.31. The highest BCUT2D eigenvalue weighted by Gasteiger charge is 2.22. The Labute approximate surface area is 91.3 Å². The van der Waals surface area contributed by atoms with Gasteiger partial charge in [0.05, 0.1) is 6.61 Å². The highest BCUT2D eigenvalue weighted by atomic mass is 16.3. The number of nitrogens with one attached hydrogen (secondary N) is 1. The number of hydrogen-bond acceptors (Lipinski definition) is 2. The normalized spacial score (nSPS) is 21.4. The molecular formula is C13H19NO. The first-order chi connectivity index (χ1) is 7.20. The molecular weight excluding hydrogens is 186 g/mol. The number of hydrogen-bond donors (Lipinski definition) is 2. The number of aryl methyl sites for hydroxylation is 2. The quantitative estimate of drug-likeness (QED) is 0.790. The first kappa shape index (κ1) is 10.7. The van der Waals surface area contributed by atoms with E-state index in [4.69, 9.17) is 5.11 Å². The number of aliphatic hydroxyl groups is 1. The van der Waals surface area contributed by atoms with E-state index in [9.17, 15) is 0 Å². The molecule has 2 N–H and O–H groups in total. The standard InChI is InChI=1S/C13H19NO/c1-9-3-4-11-5-6-13(12(11)7-9)14-10(2)8-15/h3-4,7,10,13-15H,5-6,8H2,1-2H3/t10-,13?/m0/s1. The lowest BCUT2D eigenvalue weighted by Crippen LogP contribution is -2.32. The van der Waals surface area contributed by atoms with Crippen LogP contribution in [0.1, 0.15) is 36.1 Å². The molecule has 1 aliphatic carbocycles. The van der Waals surface area contributed by atoms with Gasteiger partial charge in [-0.25, -0.2) is 0 Å². The highest BCUT2D eigenvalue weighted by Crippen LogP contribution is 2.31. The number of benzene rings is 1. The van der Waals surface area contributed by atoms with E-state index in [-0.39, 0.29) is 12.6 Å². The Kier molecular flexibility index (Phi) is 3.08. The molecule has 0 heterocycles. The second-order valence-electron chi connectivity index (χ2n) is 4.54. The molecule has 1 aromatic carbocycles. The first-order valence-electron chi connectivity index (χ1n) is 5.67. The zero-order valence-corrected chi connectivity index (χ0v) is 9.46. The van der Waals surface area contributed by atoms with Crippen molar-refractivity contribution in [1.82, 2.24) is 5.32 Å². The summed E-state index contributed by atoms with van der Waals surface area (Å²) in [4.78, 5) is 0. The molecule has 0 saturated carbocycles. The van der Waals surface area contributed by atoms with Gasteiger partial charge < -0.3 is 10.4 Å². The van der Waals surface area contributed by atoms with Gasteiger partial charge in [-0.2, -0.15) is 0 Å². The van der Waals surface area contributed by atoms with Crippen LogP contribution in [0, 0.1) is 6.92 Å². The van der Waals surface area contributed by atoms with Gasteiger partial charge in [0.15, 0.2) is 0 Å². The van der Waals surface area contributed by atoms with Gasteiger partial charge in [0.2, 0.25) is 0 Å².